The van der Waals surface area contributed by atoms with Crippen molar-refractivity contribution in [2.24, 2.45) is 17.8 Å². The first-order valence-corrected chi connectivity index (χ1v) is 5.94. The third-order valence-corrected chi connectivity index (χ3v) is 3.33. The Labute approximate surface area is 96.4 Å². The molecule has 0 aromatic rings. The monoisotopic (exact) mass is 227 g/mol. The standard InChI is InChI=1S/C12H21NO3/c1-7(2)8(3)12(16)13-10(6-11(14)15)9-4-5-9/h7-10H,4-6H2,1-3H3,(H,13,16)(H,14,15). The Morgan fingerprint density at radius 2 is 1.88 bits per heavy atom. The molecule has 0 saturated heterocycles. The SMILES string of the molecule is CC(C)C(C)C(=O)NC(CC(=O)O)C1CC1. The molecule has 2 atom stereocenters. The lowest BCUT2D eigenvalue weighted by Crippen LogP contribution is -2.41. The van der Waals surface area contributed by atoms with Crippen LogP contribution in [0.3, 0.4) is 0 Å². The van der Waals surface area contributed by atoms with Crippen molar-refractivity contribution in [1.29, 1.82) is 0 Å². The van der Waals surface area contributed by atoms with Gasteiger partial charge >= 0.3 is 5.97 Å². The topological polar surface area (TPSA) is 66.4 Å². The molecule has 2 N–H and O–H groups in total. The third kappa shape index (κ3) is 3.83. The van der Waals surface area contributed by atoms with Crippen LogP contribution in [-0.2, 0) is 9.59 Å². The van der Waals surface area contributed by atoms with Crippen LogP contribution in [0.5, 0.6) is 0 Å². The summed E-state index contributed by atoms with van der Waals surface area (Å²) < 4.78 is 0. The van der Waals surface area contributed by atoms with Gasteiger partial charge in [0.05, 0.1) is 6.42 Å². The second-order valence-electron chi connectivity index (χ2n) is 5.08. The molecule has 1 aliphatic carbocycles. The molecule has 0 heterocycles. The first kappa shape index (κ1) is 13.0. The van der Waals surface area contributed by atoms with E-state index < -0.39 is 5.97 Å². The smallest absolute Gasteiger partial charge is 0.305 e. The number of nitrogens with one attached hydrogen (secondary N) is 1. The largest absolute Gasteiger partial charge is 0.481 e. The summed E-state index contributed by atoms with van der Waals surface area (Å²) in [7, 11) is 0. The van der Waals surface area contributed by atoms with Crippen molar-refractivity contribution in [2.75, 3.05) is 0 Å². The van der Waals surface area contributed by atoms with Crippen molar-refractivity contribution in [3.63, 3.8) is 0 Å². The summed E-state index contributed by atoms with van der Waals surface area (Å²) in [5.41, 5.74) is 0. The van der Waals surface area contributed by atoms with E-state index in [1.807, 2.05) is 20.8 Å². The van der Waals surface area contributed by atoms with Crippen LogP contribution in [-0.4, -0.2) is 23.0 Å². The van der Waals surface area contributed by atoms with Gasteiger partial charge in [-0.2, -0.15) is 0 Å². The first-order chi connectivity index (χ1) is 7.41. The fourth-order valence-corrected chi connectivity index (χ4v) is 1.64. The lowest BCUT2D eigenvalue weighted by molar-refractivity contribution is -0.138. The molecule has 1 fully saturated rings. The van der Waals surface area contributed by atoms with Gasteiger partial charge in [-0.25, -0.2) is 0 Å². The summed E-state index contributed by atoms with van der Waals surface area (Å²) in [6.07, 6.45) is 2.11. The number of carbonyl (C=O) groups excluding carboxylic acids is 1. The Hall–Kier alpha value is -1.06. The quantitative estimate of drug-likeness (QED) is 0.725. The maximum Gasteiger partial charge on any atom is 0.305 e. The minimum atomic E-state index is -0.839. The van der Waals surface area contributed by atoms with E-state index in [0.717, 1.165) is 12.8 Å². The molecule has 0 spiro atoms. The fraction of sp³-hybridized carbons (Fsp3) is 0.833. The minimum Gasteiger partial charge on any atom is -0.481 e. The summed E-state index contributed by atoms with van der Waals surface area (Å²) in [4.78, 5) is 22.5. The molecule has 1 rings (SSSR count). The van der Waals surface area contributed by atoms with Crippen LogP contribution in [0.4, 0.5) is 0 Å². The molecule has 0 aliphatic heterocycles. The van der Waals surface area contributed by atoms with Crippen LogP contribution in [0, 0.1) is 17.8 Å². The molecule has 1 amide bonds. The highest BCUT2D eigenvalue weighted by atomic mass is 16.4. The number of aliphatic carboxylic acids is 1. The number of rotatable bonds is 6. The molecule has 0 radical (unpaired) electrons. The number of amides is 1. The van der Waals surface area contributed by atoms with Gasteiger partial charge in [0.15, 0.2) is 0 Å². The van der Waals surface area contributed by atoms with E-state index in [1.54, 1.807) is 0 Å². The number of carboxylic acid groups (broad SMARTS) is 1. The maximum atomic E-state index is 11.8. The van der Waals surface area contributed by atoms with Crippen LogP contribution in [0.15, 0.2) is 0 Å². The minimum absolute atomic E-state index is 0.0202. The van der Waals surface area contributed by atoms with Crippen LogP contribution >= 0.6 is 0 Å². The zero-order valence-corrected chi connectivity index (χ0v) is 10.2. The van der Waals surface area contributed by atoms with Crippen molar-refractivity contribution in [3.05, 3.63) is 0 Å². The predicted molar refractivity (Wildman–Crippen MR) is 60.9 cm³/mol. The predicted octanol–water partition coefficient (Wildman–Crippen LogP) is 1.65. The normalized spacial score (nSPS) is 19.2. The zero-order valence-electron chi connectivity index (χ0n) is 10.2. The van der Waals surface area contributed by atoms with E-state index in [4.69, 9.17) is 5.11 Å². The third-order valence-electron chi connectivity index (χ3n) is 3.33. The van der Waals surface area contributed by atoms with E-state index >= 15 is 0 Å². The van der Waals surface area contributed by atoms with Gasteiger partial charge in [-0.05, 0) is 24.7 Å². The lowest BCUT2D eigenvalue weighted by atomic mass is 9.96. The maximum absolute atomic E-state index is 11.8. The average Bonchev–Trinajstić information content (AvgIpc) is 2.97. The molecular weight excluding hydrogens is 206 g/mol. The summed E-state index contributed by atoms with van der Waals surface area (Å²) in [6.45, 7) is 5.87. The molecular formula is C12H21NO3. The van der Waals surface area contributed by atoms with E-state index in [2.05, 4.69) is 5.32 Å². The van der Waals surface area contributed by atoms with Gasteiger partial charge in [-0.1, -0.05) is 20.8 Å². The van der Waals surface area contributed by atoms with Gasteiger partial charge in [-0.3, -0.25) is 9.59 Å². The lowest BCUT2D eigenvalue weighted by Gasteiger charge is -2.21. The van der Waals surface area contributed by atoms with Gasteiger partial charge in [0.25, 0.3) is 0 Å². The Balaban J connectivity index is 2.47. The highest BCUT2D eigenvalue weighted by molar-refractivity contribution is 5.79. The average molecular weight is 227 g/mol. The molecule has 4 heteroatoms. The summed E-state index contributed by atoms with van der Waals surface area (Å²) in [5, 5.41) is 11.6. The second kappa shape index (κ2) is 5.32. The molecule has 16 heavy (non-hydrogen) atoms. The van der Waals surface area contributed by atoms with Crippen LogP contribution in [0.1, 0.15) is 40.0 Å². The van der Waals surface area contributed by atoms with Crippen molar-refractivity contribution in [2.45, 2.75) is 46.1 Å². The Bertz CT molecular complexity index is 271. The van der Waals surface area contributed by atoms with Crippen LogP contribution in [0.2, 0.25) is 0 Å². The van der Waals surface area contributed by atoms with Gasteiger partial charge < -0.3 is 10.4 Å². The molecule has 92 valence electrons. The van der Waals surface area contributed by atoms with Crippen molar-refractivity contribution in [1.82, 2.24) is 5.32 Å². The summed E-state index contributed by atoms with van der Waals surface area (Å²) in [5.74, 6) is -0.262. The van der Waals surface area contributed by atoms with Crippen molar-refractivity contribution < 1.29 is 14.7 Å². The zero-order chi connectivity index (χ0) is 12.3. The van der Waals surface area contributed by atoms with E-state index in [0.29, 0.717) is 5.92 Å². The number of carboxylic acids is 1. The molecule has 1 saturated carbocycles. The molecule has 4 nitrogen and oxygen atoms in total. The van der Waals surface area contributed by atoms with Crippen molar-refractivity contribution >= 4 is 11.9 Å². The molecule has 2 unspecified atom stereocenters. The number of hydrogen-bond donors (Lipinski definition) is 2. The Morgan fingerprint density at radius 3 is 2.25 bits per heavy atom. The van der Waals surface area contributed by atoms with Gasteiger partial charge in [0.1, 0.15) is 0 Å². The summed E-state index contributed by atoms with van der Waals surface area (Å²) in [6, 6.07) is -0.175. The van der Waals surface area contributed by atoms with E-state index in [1.165, 1.54) is 0 Å². The van der Waals surface area contributed by atoms with E-state index in [9.17, 15) is 9.59 Å². The van der Waals surface area contributed by atoms with E-state index in [-0.39, 0.29) is 30.2 Å². The molecule has 0 aromatic carbocycles. The van der Waals surface area contributed by atoms with Gasteiger partial charge in [0.2, 0.25) is 5.91 Å². The Kier molecular flexibility index (Phi) is 4.33. The summed E-state index contributed by atoms with van der Waals surface area (Å²) >= 11 is 0. The number of carbonyl (C=O) groups is 2. The van der Waals surface area contributed by atoms with Gasteiger partial charge in [0, 0.05) is 12.0 Å². The molecule has 1 aliphatic rings. The highest BCUT2D eigenvalue weighted by Gasteiger charge is 2.34. The van der Waals surface area contributed by atoms with Crippen LogP contribution < -0.4 is 5.32 Å². The highest BCUT2D eigenvalue weighted by Crippen LogP contribution is 2.34. The Morgan fingerprint density at radius 1 is 1.31 bits per heavy atom. The first-order valence-electron chi connectivity index (χ1n) is 5.94. The van der Waals surface area contributed by atoms with Crippen molar-refractivity contribution in [3.8, 4) is 0 Å². The number of hydrogen-bond acceptors (Lipinski definition) is 2. The molecule has 0 aromatic heterocycles. The van der Waals surface area contributed by atoms with Crippen LogP contribution in [0.25, 0.3) is 0 Å². The second-order valence-corrected chi connectivity index (χ2v) is 5.08. The fourth-order valence-electron chi connectivity index (χ4n) is 1.64. The molecule has 0 bridgehead atoms. The van der Waals surface area contributed by atoms with Gasteiger partial charge in [-0.15, -0.1) is 0 Å².